The average molecular weight is 404 g/mol. The molecule has 1 aliphatic heterocycles. The van der Waals surface area contributed by atoms with Crippen LogP contribution in [0.25, 0.3) is 17.0 Å². The van der Waals surface area contributed by atoms with Gasteiger partial charge in [-0.3, -0.25) is 14.5 Å². The van der Waals surface area contributed by atoms with Crippen molar-refractivity contribution in [3.05, 3.63) is 40.9 Å². The molecule has 1 atom stereocenters. The fourth-order valence-corrected chi connectivity index (χ4v) is 4.35. The highest BCUT2D eigenvalue weighted by Gasteiger charge is 2.40. The van der Waals surface area contributed by atoms with Gasteiger partial charge in [-0.2, -0.15) is 0 Å². The second kappa shape index (κ2) is 7.53. The van der Waals surface area contributed by atoms with Crippen molar-refractivity contribution in [1.82, 2.24) is 9.47 Å². The number of para-hydroxylation sites is 1. The van der Waals surface area contributed by atoms with Gasteiger partial charge in [-0.25, -0.2) is 4.79 Å². The van der Waals surface area contributed by atoms with Gasteiger partial charge in [0.15, 0.2) is 0 Å². The van der Waals surface area contributed by atoms with Gasteiger partial charge in [0.1, 0.15) is 10.4 Å². The summed E-state index contributed by atoms with van der Waals surface area (Å²) in [6.07, 6.45) is 3.00. The molecule has 0 aliphatic carbocycles. The van der Waals surface area contributed by atoms with Crippen LogP contribution in [0.15, 0.2) is 35.4 Å². The van der Waals surface area contributed by atoms with Crippen molar-refractivity contribution < 1.29 is 24.6 Å². The van der Waals surface area contributed by atoms with Crippen LogP contribution in [0.1, 0.15) is 18.4 Å². The van der Waals surface area contributed by atoms with Crippen LogP contribution in [0.2, 0.25) is 0 Å². The molecule has 1 aromatic carbocycles. The number of hydrogen-bond acceptors (Lipinski definition) is 5. The molecule has 3 rings (SSSR count). The van der Waals surface area contributed by atoms with E-state index in [1.54, 1.807) is 6.08 Å². The lowest BCUT2D eigenvalue weighted by Crippen LogP contribution is -2.44. The fourth-order valence-electron chi connectivity index (χ4n) is 3.00. The number of hydrogen-bond donors (Lipinski definition) is 2. The number of nitrogens with zero attached hydrogens (tertiary/aromatic N) is 2. The lowest BCUT2D eigenvalue weighted by atomic mass is 10.1. The molecule has 2 N–H and O–H groups in total. The topological polar surface area (TPSA) is 99.8 Å². The van der Waals surface area contributed by atoms with Crippen LogP contribution >= 0.6 is 24.0 Å². The van der Waals surface area contributed by atoms with Crippen molar-refractivity contribution in [2.75, 3.05) is 0 Å². The molecular formula is C18H16N2O5S2. The second-order valence-electron chi connectivity index (χ2n) is 6.05. The number of rotatable bonds is 6. The number of carbonyl (C=O) groups excluding carboxylic acids is 1. The first-order valence-corrected chi connectivity index (χ1v) is 9.27. The lowest BCUT2D eigenvalue weighted by Gasteiger charge is -2.22. The van der Waals surface area contributed by atoms with Crippen molar-refractivity contribution in [1.29, 1.82) is 0 Å². The first-order valence-electron chi connectivity index (χ1n) is 8.05. The van der Waals surface area contributed by atoms with Crippen LogP contribution < -0.4 is 0 Å². The fraction of sp³-hybridized carbons (Fsp3) is 0.222. The number of aryl methyl sites for hydroxylation is 1. The smallest absolute Gasteiger partial charge is 0.326 e. The Hall–Kier alpha value is -2.65. The van der Waals surface area contributed by atoms with Crippen molar-refractivity contribution in [3.63, 3.8) is 0 Å². The van der Waals surface area contributed by atoms with Crippen molar-refractivity contribution in [2.45, 2.75) is 18.9 Å². The molecule has 0 radical (unpaired) electrons. The number of aliphatic carboxylic acids is 2. The number of amides is 1. The van der Waals surface area contributed by atoms with Gasteiger partial charge < -0.3 is 14.8 Å². The maximum Gasteiger partial charge on any atom is 0.326 e. The highest BCUT2D eigenvalue weighted by atomic mass is 32.2. The number of benzene rings is 1. The quantitative estimate of drug-likeness (QED) is 0.564. The van der Waals surface area contributed by atoms with Crippen LogP contribution in [0, 0.1) is 0 Å². The van der Waals surface area contributed by atoms with Crippen LogP contribution in [-0.4, -0.2) is 47.9 Å². The van der Waals surface area contributed by atoms with E-state index in [9.17, 15) is 19.5 Å². The predicted octanol–water partition coefficient (Wildman–Crippen LogP) is 2.70. The molecule has 0 spiro atoms. The summed E-state index contributed by atoms with van der Waals surface area (Å²) < 4.78 is 2.05. The average Bonchev–Trinajstić information content (AvgIpc) is 3.06. The van der Waals surface area contributed by atoms with Gasteiger partial charge in [0.2, 0.25) is 0 Å². The number of carbonyl (C=O) groups is 3. The molecule has 1 saturated heterocycles. The minimum atomic E-state index is -1.30. The third-order valence-corrected chi connectivity index (χ3v) is 5.60. The number of thioether (sulfide) groups is 1. The van der Waals surface area contributed by atoms with E-state index in [-0.39, 0.29) is 17.2 Å². The summed E-state index contributed by atoms with van der Waals surface area (Å²) >= 11 is 6.22. The van der Waals surface area contributed by atoms with Gasteiger partial charge in [0.05, 0.1) is 4.91 Å². The Bertz CT molecular complexity index is 995. The number of fused-ring (bicyclic) bond motifs is 1. The van der Waals surface area contributed by atoms with Crippen molar-refractivity contribution >= 4 is 63.1 Å². The summed E-state index contributed by atoms with van der Waals surface area (Å²) in [4.78, 5) is 36.4. The number of carboxylic acid groups (broad SMARTS) is 2. The van der Waals surface area contributed by atoms with Crippen LogP contribution in [0.5, 0.6) is 0 Å². The van der Waals surface area contributed by atoms with E-state index in [1.165, 1.54) is 0 Å². The third-order valence-electron chi connectivity index (χ3n) is 4.27. The van der Waals surface area contributed by atoms with E-state index >= 15 is 0 Å². The zero-order chi connectivity index (χ0) is 19.7. The van der Waals surface area contributed by atoms with Gasteiger partial charge >= 0.3 is 11.9 Å². The Balaban J connectivity index is 1.94. The molecule has 140 valence electrons. The minimum Gasteiger partial charge on any atom is -0.481 e. The number of carboxylic acids is 2. The van der Waals surface area contributed by atoms with Crippen LogP contribution in [0.4, 0.5) is 0 Å². The summed E-state index contributed by atoms with van der Waals surface area (Å²) in [5, 5.41) is 19.2. The Morgan fingerprint density at radius 2 is 2.00 bits per heavy atom. The van der Waals surface area contributed by atoms with Gasteiger partial charge in [-0.15, -0.1) is 0 Å². The highest BCUT2D eigenvalue weighted by molar-refractivity contribution is 8.26. The van der Waals surface area contributed by atoms with Gasteiger partial charge in [0, 0.05) is 36.1 Å². The first kappa shape index (κ1) is 19.1. The standard InChI is InChI=1S/C18H16N2O5S2/c1-19-9-10(11-4-2-3-5-12(11)19)8-14-16(23)20(18(26)27-14)13(17(24)25)6-7-15(21)22/h2-5,8-9,13H,6-7H2,1H3,(H,21,22)(H,24,25)/b14-8-/t13-/m1/s1. The molecule has 0 saturated carbocycles. The molecule has 2 aromatic rings. The molecular weight excluding hydrogens is 388 g/mol. The Labute approximate surface area is 164 Å². The molecule has 7 nitrogen and oxygen atoms in total. The molecule has 0 bridgehead atoms. The first-order chi connectivity index (χ1) is 12.8. The van der Waals surface area contributed by atoms with Gasteiger partial charge in [0.25, 0.3) is 5.91 Å². The maximum absolute atomic E-state index is 12.8. The SMILES string of the molecule is Cn1cc(/C=C2\SC(=S)N([C@H](CCC(=O)O)C(=O)O)C2=O)c2ccccc21. The normalized spacial score (nSPS) is 17.1. The lowest BCUT2D eigenvalue weighted by molar-refractivity contribution is -0.146. The van der Waals surface area contributed by atoms with E-state index in [0.717, 1.165) is 33.1 Å². The van der Waals surface area contributed by atoms with E-state index in [0.29, 0.717) is 4.91 Å². The largest absolute Gasteiger partial charge is 0.481 e. The molecule has 9 heteroatoms. The zero-order valence-corrected chi connectivity index (χ0v) is 15.9. The number of thiocarbonyl (C=S) groups is 1. The molecule has 27 heavy (non-hydrogen) atoms. The van der Waals surface area contributed by atoms with Gasteiger partial charge in [-0.1, -0.05) is 42.2 Å². The summed E-state index contributed by atoms with van der Waals surface area (Å²) in [6.45, 7) is 0. The van der Waals surface area contributed by atoms with E-state index in [1.807, 2.05) is 42.1 Å². The highest BCUT2D eigenvalue weighted by Crippen LogP contribution is 2.36. The summed E-state index contributed by atoms with van der Waals surface area (Å²) in [5.41, 5.74) is 1.83. The second-order valence-corrected chi connectivity index (χ2v) is 7.73. The zero-order valence-electron chi connectivity index (χ0n) is 14.3. The summed E-state index contributed by atoms with van der Waals surface area (Å²) in [7, 11) is 1.90. The minimum absolute atomic E-state index is 0.115. The molecule has 1 aliphatic rings. The van der Waals surface area contributed by atoms with Gasteiger partial charge in [-0.05, 0) is 18.6 Å². The molecule has 1 amide bonds. The van der Waals surface area contributed by atoms with Crippen molar-refractivity contribution in [2.24, 2.45) is 7.05 Å². The monoisotopic (exact) mass is 404 g/mol. The van der Waals surface area contributed by atoms with E-state index < -0.39 is 23.9 Å². The summed E-state index contributed by atoms with van der Waals surface area (Å²) in [6, 6.07) is 6.42. The predicted molar refractivity (Wildman–Crippen MR) is 106 cm³/mol. The summed E-state index contributed by atoms with van der Waals surface area (Å²) in [5.74, 6) is -2.92. The molecule has 2 heterocycles. The number of aromatic nitrogens is 1. The molecule has 0 unspecified atom stereocenters. The van der Waals surface area contributed by atoms with Crippen LogP contribution in [0.3, 0.4) is 0 Å². The van der Waals surface area contributed by atoms with Crippen molar-refractivity contribution in [3.8, 4) is 0 Å². The Morgan fingerprint density at radius 1 is 1.30 bits per heavy atom. The van der Waals surface area contributed by atoms with E-state index in [2.05, 4.69) is 0 Å². The molecule has 1 aromatic heterocycles. The molecule has 1 fully saturated rings. The van der Waals surface area contributed by atoms with Crippen LogP contribution in [-0.2, 0) is 21.4 Å². The third kappa shape index (κ3) is 3.74. The maximum atomic E-state index is 12.8. The van der Waals surface area contributed by atoms with E-state index in [4.69, 9.17) is 17.3 Å². The Morgan fingerprint density at radius 3 is 2.67 bits per heavy atom. The Kier molecular flexibility index (Phi) is 5.33.